The molecule has 0 heterocycles. The maximum absolute atomic E-state index is 10.0. The molecule has 0 aliphatic heterocycles. The van der Waals surface area contributed by atoms with Gasteiger partial charge in [0.1, 0.15) is 0 Å². The first-order valence-electron chi connectivity index (χ1n) is 9.98. The predicted molar refractivity (Wildman–Crippen MR) is 104 cm³/mol. The third-order valence-corrected chi connectivity index (χ3v) is 20.2. The molecule has 22 heavy (non-hydrogen) atoms. The van der Waals surface area contributed by atoms with Crippen LogP contribution in [-0.2, 0) is 0 Å². The molecule has 1 N–H and O–H groups in total. The van der Waals surface area contributed by atoms with E-state index in [1.807, 2.05) is 0 Å². The summed E-state index contributed by atoms with van der Waals surface area (Å²) in [6.45, 7) is 9.19. The maximum atomic E-state index is 10.0. The van der Waals surface area contributed by atoms with Crippen molar-refractivity contribution in [1.29, 1.82) is 0 Å². The molecular formula is C20H42OSn. The molecule has 0 aliphatic carbocycles. The van der Waals surface area contributed by atoms with Gasteiger partial charge in [0.05, 0.1) is 0 Å². The Morgan fingerprint density at radius 3 is 1.64 bits per heavy atom. The van der Waals surface area contributed by atoms with Gasteiger partial charge in [0.2, 0.25) is 0 Å². The second kappa shape index (κ2) is 15.1. The van der Waals surface area contributed by atoms with Gasteiger partial charge in [0, 0.05) is 0 Å². The normalized spacial score (nSPS) is 13.9. The fraction of sp³-hybridized carbons (Fsp3) is 0.900. The Morgan fingerprint density at radius 1 is 0.773 bits per heavy atom. The van der Waals surface area contributed by atoms with E-state index in [-0.39, 0.29) is 6.10 Å². The second-order valence-electron chi connectivity index (χ2n) is 7.15. The monoisotopic (exact) mass is 418 g/mol. The molecule has 1 nitrogen and oxygen atoms in total. The van der Waals surface area contributed by atoms with Crippen LogP contribution in [0.1, 0.15) is 85.5 Å². The fourth-order valence-electron chi connectivity index (χ4n) is 3.32. The van der Waals surface area contributed by atoms with Gasteiger partial charge in [0.15, 0.2) is 0 Å². The molecule has 0 bridgehead atoms. The fourth-order valence-corrected chi connectivity index (χ4v) is 18.5. The summed E-state index contributed by atoms with van der Waals surface area (Å²) in [5, 5.41) is 10.0. The van der Waals surface area contributed by atoms with Crippen LogP contribution in [0.25, 0.3) is 0 Å². The third kappa shape index (κ3) is 11.1. The Balaban J connectivity index is 4.65. The molecule has 0 aliphatic rings. The van der Waals surface area contributed by atoms with Gasteiger partial charge in [-0.3, -0.25) is 0 Å². The minimum atomic E-state index is -2.00. The number of hydrogen-bond acceptors (Lipinski definition) is 1. The Bertz CT molecular complexity index is 241. The Morgan fingerprint density at radius 2 is 1.23 bits per heavy atom. The summed E-state index contributed by atoms with van der Waals surface area (Å²) < 4.78 is 6.08. The van der Waals surface area contributed by atoms with Crippen molar-refractivity contribution in [2.24, 2.45) is 0 Å². The van der Waals surface area contributed by atoms with Crippen molar-refractivity contribution >= 4 is 18.4 Å². The van der Waals surface area contributed by atoms with Crippen LogP contribution in [0, 0.1) is 0 Å². The first kappa shape index (κ1) is 22.5. The quantitative estimate of drug-likeness (QED) is 0.226. The Hall–Kier alpha value is 0.499. The van der Waals surface area contributed by atoms with E-state index in [1.165, 1.54) is 49.4 Å². The van der Waals surface area contributed by atoms with Gasteiger partial charge in [-0.25, -0.2) is 0 Å². The van der Waals surface area contributed by atoms with Crippen LogP contribution in [0.3, 0.4) is 0 Å². The van der Waals surface area contributed by atoms with Crippen LogP contribution in [-0.4, -0.2) is 29.6 Å². The predicted octanol–water partition coefficient (Wildman–Crippen LogP) is 6.94. The second-order valence-corrected chi connectivity index (χ2v) is 21.2. The number of aliphatic hydroxyl groups is 1. The van der Waals surface area contributed by atoms with E-state index in [1.54, 1.807) is 13.3 Å². The zero-order valence-electron chi connectivity index (χ0n) is 15.9. The van der Waals surface area contributed by atoms with E-state index in [4.69, 9.17) is 0 Å². The molecular weight excluding hydrogens is 375 g/mol. The summed E-state index contributed by atoms with van der Waals surface area (Å²) in [6, 6.07) is 0. The number of aliphatic hydroxyl groups excluding tert-OH is 1. The molecule has 0 radical (unpaired) electrons. The number of rotatable bonds is 15. The zero-order chi connectivity index (χ0) is 16.7. The summed E-state index contributed by atoms with van der Waals surface area (Å²) in [6.07, 6.45) is 15.9. The molecule has 2 heteroatoms. The van der Waals surface area contributed by atoms with E-state index in [9.17, 15) is 5.11 Å². The summed E-state index contributed by atoms with van der Waals surface area (Å²) in [5.74, 6) is 0. The van der Waals surface area contributed by atoms with Gasteiger partial charge < -0.3 is 0 Å². The standard InChI is InChI=1S/C8H15O.3C4H9.Sn/c1-3-5-7-8(9)6-4-2;3*1-3-4-2;/h4,6,8-9H,2-3,5,7H2,1H3;3*1,3-4H2,2H3;/b6-4+;;;;. The third-order valence-electron chi connectivity index (χ3n) is 4.94. The van der Waals surface area contributed by atoms with Crippen LogP contribution >= 0.6 is 0 Å². The Kier molecular flexibility index (Phi) is 15.4. The van der Waals surface area contributed by atoms with Gasteiger partial charge in [-0.05, 0) is 0 Å². The van der Waals surface area contributed by atoms with Crippen LogP contribution in [0.4, 0.5) is 0 Å². The molecule has 1 atom stereocenters. The number of hydrogen-bond donors (Lipinski definition) is 1. The van der Waals surface area contributed by atoms with Gasteiger partial charge in [-0.1, -0.05) is 0 Å². The van der Waals surface area contributed by atoms with Crippen molar-refractivity contribution in [1.82, 2.24) is 0 Å². The molecule has 0 fully saturated rings. The van der Waals surface area contributed by atoms with Crippen molar-refractivity contribution < 1.29 is 5.11 Å². The van der Waals surface area contributed by atoms with Gasteiger partial charge in [-0.2, -0.15) is 0 Å². The topological polar surface area (TPSA) is 20.2 Å². The molecule has 132 valence electrons. The van der Waals surface area contributed by atoms with Crippen molar-refractivity contribution in [3.8, 4) is 0 Å². The van der Waals surface area contributed by atoms with Crippen molar-refractivity contribution in [2.75, 3.05) is 0 Å². The van der Waals surface area contributed by atoms with Crippen LogP contribution in [0.15, 0.2) is 12.2 Å². The van der Waals surface area contributed by atoms with Gasteiger partial charge >= 0.3 is 145 Å². The van der Waals surface area contributed by atoms with E-state index in [2.05, 4.69) is 39.8 Å². The van der Waals surface area contributed by atoms with E-state index in [0.717, 1.165) is 12.8 Å². The first-order valence-corrected chi connectivity index (χ1v) is 18.1. The Labute approximate surface area is 144 Å². The van der Waals surface area contributed by atoms with E-state index < -0.39 is 18.4 Å². The molecule has 0 aromatic carbocycles. The van der Waals surface area contributed by atoms with Crippen LogP contribution < -0.4 is 0 Å². The van der Waals surface area contributed by atoms with Gasteiger partial charge in [-0.15, -0.1) is 0 Å². The average molecular weight is 417 g/mol. The summed E-state index contributed by atoms with van der Waals surface area (Å²) in [4.78, 5) is 0. The molecule has 0 rings (SSSR count). The molecule has 1 unspecified atom stereocenters. The molecule has 0 amide bonds. The van der Waals surface area contributed by atoms with Crippen molar-refractivity contribution in [3.63, 3.8) is 0 Å². The molecule has 0 aromatic heterocycles. The van der Waals surface area contributed by atoms with Crippen LogP contribution in [0.2, 0.25) is 17.7 Å². The molecule has 0 saturated heterocycles. The summed E-state index contributed by atoms with van der Waals surface area (Å²) in [7, 11) is 0. The number of unbranched alkanes of at least 4 members (excludes halogenated alkanes) is 4. The molecule has 0 spiro atoms. The SMILES string of the molecule is CCCCC(O)/C=C/[CH2][Sn]([CH2]CCC)([CH2]CCC)[CH2]CCC. The average Bonchev–Trinajstić information content (AvgIpc) is 2.53. The van der Waals surface area contributed by atoms with Crippen molar-refractivity contribution in [2.45, 2.75) is 109 Å². The van der Waals surface area contributed by atoms with Crippen LogP contribution in [0.5, 0.6) is 0 Å². The molecule has 0 saturated carbocycles. The minimum absolute atomic E-state index is 0.201. The van der Waals surface area contributed by atoms with Gasteiger partial charge in [0.25, 0.3) is 0 Å². The number of allylic oxidation sites excluding steroid dienone is 1. The summed E-state index contributed by atoms with van der Waals surface area (Å²) >= 11 is -2.00. The zero-order valence-corrected chi connectivity index (χ0v) is 18.7. The van der Waals surface area contributed by atoms with E-state index >= 15 is 0 Å². The molecule has 0 aromatic rings. The summed E-state index contributed by atoms with van der Waals surface area (Å²) in [5.41, 5.74) is 0. The van der Waals surface area contributed by atoms with E-state index in [0.29, 0.717) is 0 Å². The van der Waals surface area contributed by atoms with Crippen molar-refractivity contribution in [3.05, 3.63) is 12.2 Å². The first-order chi connectivity index (χ1) is 10.6.